The topological polar surface area (TPSA) is 116 Å². The van der Waals surface area contributed by atoms with Gasteiger partial charge in [-0.05, 0) is 37.5 Å². The van der Waals surface area contributed by atoms with E-state index in [9.17, 15) is 9.59 Å². The first-order valence-corrected chi connectivity index (χ1v) is 8.41. The molecule has 24 heavy (non-hydrogen) atoms. The SMILES string of the molecule is Cl.NC(=O)CCn1ccc(NC(=O)C2CC3CCCC(C2)C3N)n1. The minimum absolute atomic E-state index is 0. The fourth-order valence-corrected chi connectivity index (χ4v) is 4.01. The van der Waals surface area contributed by atoms with Gasteiger partial charge in [-0.1, -0.05) is 6.42 Å². The van der Waals surface area contributed by atoms with Crippen LogP contribution >= 0.6 is 12.4 Å². The second-order valence-electron chi connectivity index (χ2n) is 6.87. The van der Waals surface area contributed by atoms with Crippen LogP contribution in [0, 0.1) is 17.8 Å². The van der Waals surface area contributed by atoms with Crippen molar-refractivity contribution >= 4 is 30.0 Å². The number of nitrogens with one attached hydrogen (secondary N) is 1. The number of amides is 2. The predicted octanol–water partition coefficient (Wildman–Crippen LogP) is 1.27. The Hall–Kier alpha value is -1.60. The summed E-state index contributed by atoms with van der Waals surface area (Å²) in [4.78, 5) is 23.3. The fourth-order valence-electron chi connectivity index (χ4n) is 4.01. The lowest BCUT2D eigenvalue weighted by Crippen LogP contribution is -2.48. The van der Waals surface area contributed by atoms with E-state index in [4.69, 9.17) is 11.5 Å². The number of anilines is 1. The maximum absolute atomic E-state index is 12.5. The van der Waals surface area contributed by atoms with Crippen molar-refractivity contribution in [1.29, 1.82) is 0 Å². The first kappa shape index (κ1) is 18.7. The summed E-state index contributed by atoms with van der Waals surface area (Å²) in [6.45, 7) is 0.424. The second kappa shape index (κ2) is 7.98. The first-order chi connectivity index (χ1) is 11.0. The molecule has 2 aliphatic rings. The minimum atomic E-state index is -0.365. The van der Waals surface area contributed by atoms with Crippen molar-refractivity contribution in [2.75, 3.05) is 5.32 Å². The summed E-state index contributed by atoms with van der Waals surface area (Å²) < 4.78 is 1.62. The molecule has 8 heteroatoms. The van der Waals surface area contributed by atoms with E-state index < -0.39 is 0 Å². The average Bonchev–Trinajstić information content (AvgIpc) is 2.92. The Morgan fingerprint density at radius 1 is 1.29 bits per heavy atom. The molecule has 0 saturated heterocycles. The van der Waals surface area contributed by atoms with Gasteiger partial charge in [0.15, 0.2) is 5.82 Å². The van der Waals surface area contributed by atoms with Gasteiger partial charge in [0.05, 0.1) is 0 Å². The van der Waals surface area contributed by atoms with E-state index in [-0.39, 0.29) is 42.6 Å². The first-order valence-electron chi connectivity index (χ1n) is 8.41. The Kier molecular flexibility index (Phi) is 6.23. The largest absolute Gasteiger partial charge is 0.370 e. The number of aryl methyl sites for hydroxylation is 1. The molecule has 1 aromatic heterocycles. The number of nitrogens with two attached hydrogens (primary N) is 2. The molecule has 1 aromatic rings. The number of rotatable bonds is 5. The maximum Gasteiger partial charge on any atom is 0.228 e. The summed E-state index contributed by atoms with van der Waals surface area (Å²) in [6, 6.07) is 2.01. The number of halogens is 1. The number of carbonyl (C=O) groups excluding carboxylic acids is 2. The van der Waals surface area contributed by atoms with Crippen molar-refractivity contribution in [3.63, 3.8) is 0 Å². The number of primary amides is 1. The average molecular weight is 356 g/mol. The molecule has 0 aromatic carbocycles. The number of aromatic nitrogens is 2. The highest BCUT2D eigenvalue weighted by molar-refractivity contribution is 5.91. The van der Waals surface area contributed by atoms with Gasteiger partial charge in [0.1, 0.15) is 0 Å². The summed E-state index contributed by atoms with van der Waals surface area (Å²) in [5.41, 5.74) is 11.4. The van der Waals surface area contributed by atoms with Gasteiger partial charge < -0.3 is 16.8 Å². The van der Waals surface area contributed by atoms with E-state index >= 15 is 0 Å². The van der Waals surface area contributed by atoms with E-state index in [2.05, 4.69) is 10.4 Å². The van der Waals surface area contributed by atoms with Gasteiger partial charge in [-0.2, -0.15) is 5.10 Å². The zero-order valence-corrected chi connectivity index (χ0v) is 14.5. The number of nitrogens with zero attached hydrogens (tertiary/aromatic N) is 2. The van der Waals surface area contributed by atoms with Gasteiger partial charge in [-0.25, -0.2) is 0 Å². The van der Waals surface area contributed by atoms with Crippen molar-refractivity contribution in [3.05, 3.63) is 12.3 Å². The molecule has 2 fully saturated rings. The van der Waals surface area contributed by atoms with Gasteiger partial charge >= 0.3 is 0 Å². The predicted molar refractivity (Wildman–Crippen MR) is 93.4 cm³/mol. The number of carbonyl (C=O) groups is 2. The zero-order chi connectivity index (χ0) is 16.4. The van der Waals surface area contributed by atoms with Crippen LogP contribution in [0.25, 0.3) is 0 Å². The quantitative estimate of drug-likeness (QED) is 0.737. The Labute approximate surface area is 147 Å². The maximum atomic E-state index is 12.5. The number of fused-ring (bicyclic) bond motifs is 2. The molecule has 2 unspecified atom stereocenters. The van der Waals surface area contributed by atoms with Crippen LogP contribution in [0.15, 0.2) is 12.3 Å². The molecule has 134 valence electrons. The van der Waals surface area contributed by atoms with Crippen LogP contribution in [0.5, 0.6) is 0 Å². The standard InChI is InChI=1S/C16H25N5O2.ClH/c17-13(22)4-6-21-7-5-14(20-21)19-16(23)12-8-10-2-1-3-11(9-12)15(10)18;/h5,7,10-12,15H,1-4,6,8-9,18H2,(H2,17,22)(H,19,20,23);1H. The second-order valence-corrected chi connectivity index (χ2v) is 6.87. The van der Waals surface area contributed by atoms with Crippen LogP contribution in [-0.2, 0) is 16.1 Å². The molecular weight excluding hydrogens is 330 g/mol. The molecule has 7 nitrogen and oxygen atoms in total. The van der Waals surface area contributed by atoms with Crippen LogP contribution in [0.2, 0.25) is 0 Å². The molecule has 5 N–H and O–H groups in total. The Balaban J connectivity index is 0.00000208. The molecule has 0 radical (unpaired) electrons. The van der Waals surface area contributed by atoms with Crippen molar-refractivity contribution in [2.45, 2.75) is 51.1 Å². The van der Waals surface area contributed by atoms with E-state index in [1.807, 2.05) is 0 Å². The molecular formula is C16H26ClN5O2. The molecule has 2 aliphatic carbocycles. The van der Waals surface area contributed by atoms with Gasteiger partial charge in [0.2, 0.25) is 11.8 Å². The molecule has 0 spiro atoms. The van der Waals surface area contributed by atoms with Crippen LogP contribution in [0.3, 0.4) is 0 Å². The lowest BCUT2D eigenvalue weighted by atomic mass is 9.65. The lowest BCUT2D eigenvalue weighted by molar-refractivity contribution is -0.122. The molecule has 2 amide bonds. The highest BCUT2D eigenvalue weighted by Gasteiger charge is 2.40. The van der Waals surface area contributed by atoms with Crippen LogP contribution in [-0.4, -0.2) is 27.6 Å². The van der Waals surface area contributed by atoms with Crippen LogP contribution in [0.4, 0.5) is 5.82 Å². The summed E-state index contributed by atoms with van der Waals surface area (Å²) in [7, 11) is 0. The van der Waals surface area contributed by atoms with E-state index in [1.54, 1.807) is 16.9 Å². The summed E-state index contributed by atoms with van der Waals surface area (Å²) in [5, 5.41) is 7.15. The van der Waals surface area contributed by atoms with Crippen molar-refractivity contribution in [3.8, 4) is 0 Å². The monoisotopic (exact) mass is 355 g/mol. The molecule has 1 heterocycles. The normalized spacial score (nSPS) is 28.7. The van der Waals surface area contributed by atoms with E-state index in [0.29, 0.717) is 24.2 Å². The third-order valence-corrected chi connectivity index (χ3v) is 5.26. The Bertz CT molecular complexity index is 577. The molecule has 2 atom stereocenters. The van der Waals surface area contributed by atoms with Crippen molar-refractivity contribution < 1.29 is 9.59 Å². The van der Waals surface area contributed by atoms with Crippen LogP contribution < -0.4 is 16.8 Å². The summed E-state index contributed by atoms with van der Waals surface area (Å²) in [5.74, 6) is 1.18. The molecule has 2 saturated carbocycles. The molecule has 0 aliphatic heterocycles. The van der Waals surface area contributed by atoms with Gasteiger partial charge in [-0.15, -0.1) is 12.4 Å². The highest BCUT2D eigenvalue weighted by Crippen LogP contribution is 2.42. The minimum Gasteiger partial charge on any atom is -0.370 e. The Morgan fingerprint density at radius 2 is 1.96 bits per heavy atom. The number of hydrogen-bond donors (Lipinski definition) is 3. The Morgan fingerprint density at radius 3 is 2.58 bits per heavy atom. The zero-order valence-electron chi connectivity index (χ0n) is 13.7. The van der Waals surface area contributed by atoms with E-state index in [1.165, 1.54) is 6.42 Å². The molecule has 2 bridgehead atoms. The third-order valence-electron chi connectivity index (χ3n) is 5.26. The molecule has 3 rings (SSSR count). The van der Waals surface area contributed by atoms with Gasteiger partial charge in [-0.3, -0.25) is 14.3 Å². The smallest absolute Gasteiger partial charge is 0.228 e. The summed E-state index contributed by atoms with van der Waals surface area (Å²) in [6.07, 6.45) is 7.26. The lowest BCUT2D eigenvalue weighted by Gasteiger charge is -2.43. The summed E-state index contributed by atoms with van der Waals surface area (Å²) >= 11 is 0. The van der Waals surface area contributed by atoms with Gasteiger partial charge in [0.25, 0.3) is 0 Å². The highest BCUT2D eigenvalue weighted by atomic mass is 35.5. The van der Waals surface area contributed by atoms with Gasteiger partial charge in [0, 0.05) is 37.2 Å². The van der Waals surface area contributed by atoms with Crippen molar-refractivity contribution in [2.24, 2.45) is 29.2 Å². The third kappa shape index (κ3) is 4.27. The van der Waals surface area contributed by atoms with Crippen molar-refractivity contribution in [1.82, 2.24) is 9.78 Å². The fraction of sp³-hybridized carbons (Fsp3) is 0.688. The van der Waals surface area contributed by atoms with E-state index in [0.717, 1.165) is 25.7 Å². The number of hydrogen-bond acceptors (Lipinski definition) is 4. The van der Waals surface area contributed by atoms with Crippen LogP contribution in [0.1, 0.15) is 38.5 Å².